The summed E-state index contributed by atoms with van der Waals surface area (Å²) in [4.78, 5) is 25.6. The molecule has 6 heteroatoms. The van der Waals surface area contributed by atoms with E-state index >= 15 is 0 Å². The van der Waals surface area contributed by atoms with Gasteiger partial charge in [-0.3, -0.25) is 9.36 Å². The van der Waals surface area contributed by atoms with Crippen molar-refractivity contribution in [2.75, 3.05) is 7.05 Å². The van der Waals surface area contributed by atoms with E-state index in [1.54, 1.807) is 37.4 Å². The van der Waals surface area contributed by atoms with Crippen LogP contribution in [0.25, 0.3) is 11.1 Å². The number of hydrogen-bond acceptors (Lipinski definition) is 3. The predicted molar refractivity (Wildman–Crippen MR) is 92.6 cm³/mol. The van der Waals surface area contributed by atoms with Gasteiger partial charge in [-0.2, -0.15) is 0 Å². The molecule has 0 fully saturated rings. The van der Waals surface area contributed by atoms with Gasteiger partial charge >= 0.3 is 5.76 Å². The third kappa shape index (κ3) is 3.79. The minimum Gasteiger partial charge on any atom is -0.408 e. The molecule has 1 aromatic heterocycles. The molecule has 0 unspecified atom stereocenters. The van der Waals surface area contributed by atoms with Crippen molar-refractivity contribution in [1.82, 2.24) is 9.47 Å². The Balaban J connectivity index is 1.58. The Hall–Kier alpha value is -2.89. The maximum Gasteiger partial charge on any atom is 0.419 e. The monoisotopic (exact) mass is 342 g/mol. The molecule has 5 nitrogen and oxygen atoms in total. The number of halogens is 1. The second-order valence-corrected chi connectivity index (χ2v) is 5.93. The predicted octanol–water partition coefficient (Wildman–Crippen LogP) is 3.17. The van der Waals surface area contributed by atoms with Crippen molar-refractivity contribution < 1.29 is 13.6 Å². The van der Waals surface area contributed by atoms with E-state index in [-0.39, 0.29) is 24.7 Å². The molecule has 0 saturated heterocycles. The molecule has 0 saturated carbocycles. The quantitative estimate of drug-likeness (QED) is 0.691. The molecule has 0 radical (unpaired) electrons. The highest BCUT2D eigenvalue weighted by molar-refractivity contribution is 5.76. The smallest absolute Gasteiger partial charge is 0.408 e. The molecule has 1 heterocycles. The Morgan fingerprint density at radius 2 is 1.88 bits per heavy atom. The number of amides is 1. The second kappa shape index (κ2) is 7.34. The van der Waals surface area contributed by atoms with Crippen LogP contribution in [-0.4, -0.2) is 22.4 Å². The first-order chi connectivity index (χ1) is 12.1. The summed E-state index contributed by atoms with van der Waals surface area (Å²) in [6.45, 7) is 0.620. The average Bonchev–Trinajstić information content (AvgIpc) is 2.92. The third-order valence-electron chi connectivity index (χ3n) is 4.14. The van der Waals surface area contributed by atoms with Crippen LogP contribution in [0.4, 0.5) is 4.39 Å². The summed E-state index contributed by atoms with van der Waals surface area (Å²) in [6, 6.07) is 13.6. The van der Waals surface area contributed by atoms with Crippen molar-refractivity contribution in [3.8, 4) is 0 Å². The molecule has 3 aromatic rings. The van der Waals surface area contributed by atoms with Crippen molar-refractivity contribution in [1.29, 1.82) is 0 Å². The van der Waals surface area contributed by atoms with E-state index in [1.165, 1.54) is 15.5 Å². The zero-order valence-corrected chi connectivity index (χ0v) is 13.9. The Morgan fingerprint density at radius 1 is 1.16 bits per heavy atom. The van der Waals surface area contributed by atoms with Gasteiger partial charge in [-0.05, 0) is 24.6 Å². The Kier molecular flexibility index (Phi) is 4.97. The minimum atomic E-state index is -0.423. The summed E-state index contributed by atoms with van der Waals surface area (Å²) in [5, 5.41) is 0. The van der Waals surface area contributed by atoms with E-state index in [2.05, 4.69) is 0 Å². The lowest BCUT2D eigenvalue weighted by atomic mass is 10.2. The van der Waals surface area contributed by atoms with Crippen LogP contribution in [0.1, 0.15) is 18.4 Å². The van der Waals surface area contributed by atoms with Crippen molar-refractivity contribution in [2.45, 2.75) is 25.9 Å². The van der Waals surface area contributed by atoms with Crippen LogP contribution in [0.2, 0.25) is 0 Å². The molecule has 25 heavy (non-hydrogen) atoms. The number of nitrogens with zero attached hydrogens (tertiary/aromatic N) is 2. The minimum absolute atomic E-state index is 0.0934. The normalized spacial score (nSPS) is 11.0. The number of benzene rings is 2. The SMILES string of the molecule is CN(Cc1ccccc1F)C(=O)CCCn1c(=O)oc2ccccc21. The number of carbonyl (C=O) groups excluding carboxylic acids is 1. The van der Waals surface area contributed by atoms with Gasteiger partial charge in [0.25, 0.3) is 0 Å². The third-order valence-corrected chi connectivity index (χ3v) is 4.14. The molecular weight excluding hydrogens is 323 g/mol. The molecule has 3 rings (SSSR count). The highest BCUT2D eigenvalue weighted by atomic mass is 19.1. The molecule has 0 spiro atoms. The van der Waals surface area contributed by atoms with Gasteiger partial charge in [0.05, 0.1) is 5.52 Å². The van der Waals surface area contributed by atoms with Crippen LogP contribution in [-0.2, 0) is 17.9 Å². The second-order valence-electron chi connectivity index (χ2n) is 5.93. The fraction of sp³-hybridized carbons (Fsp3) is 0.263. The average molecular weight is 342 g/mol. The topological polar surface area (TPSA) is 55.5 Å². The van der Waals surface area contributed by atoms with Crippen molar-refractivity contribution in [3.63, 3.8) is 0 Å². The molecule has 1 amide bonds. The van der Waals surface area contributed by atoms with E-state index in [9.17, 15) is 14.0 Å². The first-order valence-corrected chi connectivity index (χ1v) is 8.12. The van der Waals surface area contributed by atoms with Crippen LogP contribution in [0.3, 0.4) is 0 Å². The van der Waals surface area contributed by atoms with Crippen molar-refractivity contribution in [3.05, 3.63) is 70.5 Å². The van der Waals surface area contributed by atoms with Crippen LogP contribution in [0, 0.1) is 5.82 Å². The number of para-hydroxylation sites is 2. The van der Waals surface area contributed by atoms with Gasteiger partial charge in [0.2, 0.25) is 5.91 Å². The lowest BCUT2D eigenvalue weighted by Gasteiger charge is -2.17. The summed E-state index contributed by atoms with van der Waals surface area (Å²) in [5.74, 6) is -0.837. The molecule has 130 valence electrons. The number of hydrogen-bond donors (Lipinski definition) is 0. The summed E-state index contributed by atoms with van der Waals surface area (Å²) in [6.07, 6.45) is 0.779. The largest absolute Gasteiger partial charge is 0.419 e. The van der Waals surface area contributed by atoms with Crippen molar-refractivity contribution >= 4 is 17.0 Å². The van der Waals surface area contributed by atoms with Gasteiger partial charge in [-0.1, -0.05) is 30.3 Å². The van der Waals surface area contributed by atoms with E-state index in [0.717, 1.165) is 5.52 Å². The Labute approximate surface area is 144 Å². The molecule has 0 bridgehead atoms. The van der Waals surface area contributed by atoms with E-state index in [0.29, 0.717) is 24.1 Å². The number of rotatable bonds is 6. The maximum absolute atomic E-state index is 13.7. The van der Waals surface area contributed by atoms with Gasteiger partial charge in [0.15, 0.2) is 5.58 Å². The fourth-order valence-corrected chi connectivity index (χ4v) is 2.78. The number of aromatic nitrogens is 1. The molecule has 0 N–H and O–H groups in total. The highest BCUT2D eigenvalue weighted by Crippen LogP contribution is 2.13. The number of aryl methyl sites for hydroxylation is 1. The Bertz CT molecular complexity index is 945. The van der Waals surface area contributed by atoms with Crippen LogP contribution in [0.5, 0.6) is 0 Å². The molecule has 0 aliphatic carbocycles. The zero-order chi connectivity index (χ0) is 17.8. The molecular formula is C19H19FN2O3. The maximum atomic E-state index is 13.7. The van der Waals surface area contributed by atoms with E-state index in [1.807, 2.05) is 12.1 Å². The van der Waals surface area contributed by atoms with Gasteiger partial charge in [-0.25, -0.2) is 9.18 Å². The summed E-state index contributed by atoms with van der Waals surface area (Å²) >= 11 is 0. The van der Waals surface area contributed by atoms with Crippen LogP contribution < -0.4 is 5.76 Å². The lowest BCUT2D eigenvalue weighted by molar-refractivity contribution is -0.130. The van der Waals surface area contributed by atoms with E-state index < -0.39 is 5.76 Å². The lowest BCUT2D eigenvalue weighted by Crippen LogP contribution is -2.27. The van der Waals surface area contributed by atoms with Crippen molar-refractivity contribution in [2.24, 2.45) is 0 Å². The first kappa shape index (κ1) is 17.0. The summed E-state index contributed by atoms with van der Waals surface area (Å²) in [7, 11) is 1.65. The zero-order valence-electron chi connectivity index (χ0n) is 13.9. The number of fused-ring (bicyclic) bond motifs is 1. The van der Waals surface area contributed by atoms with Gasteiger partial charge < -0.3 is 9.32 Å². The molecule has 0 aliphatic heterocycles. The van der Waals surface area contributed by atoms with Crippen LogP contribution in [0.15, 0.2) is 57.7 Å². The van der Waals surface area contributed by atoms with Gasteiger partial charge in [0, 0.05) is 32.1 Å². The van der Waals surface area contributed by atoms with Crippen LogP contribution >= 0.6 is 0 Å². The summed E-state index contributed by atoms with van der Waals surface area (Å²) in [5.41, 5.74) is 1.74. The standard InChI is InChI=1S/C19H19FN2O3/c1-21(13-14-7-2-3-8-15(14)20)18(23)11-6-12-22-16-9-4-5-10-17(16)25-19(22)24/h2-5,7-10H,6,11-13H2,1H3. The molecule has 0 aliphatic rings. The molecule has 0 atom stereocenters. The summed E-state index contributed by atoms with van der Waals surface area (Å²) < 4.78 is 20.4. The number of carbonyl (C=O) groups is 1. The fourth-order valence-electron chi connectivity index (χ4n) is 2.78. The van der Waals surface area contributed by atoms with Gasteiger partial charge in [-0.15, -0.1) is 0 Å². The Morgan fingerprint density at radius 3 is 2.68 bits per heavy atom. The van der Waals surface area contributed by atoms with Gasteiger partial charge in [0.1, 0.15) is 5.82 Å². The van der Waals surface area contributed by atoms with E-state index in [4.69, 9.17) is 4.42 Å². The first-order valence-electron chi connectivity index (χ1n) is 8.12. The highest BCUT2D eigenvalue weighted by Gasteiger charge is 2.13. The number of oxazole rings is 1. The molecule has 2 aromatic carbocycles.